The Morgan fingerprint density at radius 3 is 2.44 bits per heavy atom. The Bertz CT molecular complexity index is 1570. The van der Waals surface area contributed by atoms with Gasteiger partial charge in [-0.1, -0.05) is 44.2 Å². The van der Waals surface area contributed by atoms with Crippen molar-refractivity contribution in [2.45, 2.75) is 32.4 Å². The molecule has 2 N–H and O–H groups in total. The molecular weight excluding hydrogens is 492 g/mol. The summed E-state index contributed by atoms with van der Waals surface area (Å²) in [6.07, 6.45) is 0.419. The molecule has 0 aliphatic carbocycles. The Balaban J connectivity index is 1.38. The second-order valence-corrected chi connectivity index (χ2v) is 10.5. The normalized spacial score (nSPS) is 18.5. The number of rotatable bonds is 6. The Hall–Kier alpha value is -4.59. The van der Waals surface area contributed by atoms with E-state index in [0.717, 1.165) is 27.7 Å². The molecule has 0 bridgehead atoms. The van der Waals surface area contributed by atoms with Crippen LogP contribution in [0.5, 0.6) is 5.75 Å². The molecule has 0 radical (unpaired) electrons. The van der Waals surface area contributed by atoms with Gasteiger partial charge in [0.1, 0.15) is 17.8 Å². The van der Waals surface area contributed by atoms with E-state index in [0.29, 0.717) is 35.9 Å². The summed E-state index contributed by atoms with van der Waals surface area (Å²) in [6.45, 7) is 4.63. The van der Waals surface area contributed by atoms with Crippen LogP contribution < -0.4 is 15.0 Å². The van der Waals surface area contributed by atoms with Crippen LogP contribution in [0.15, 0.2) is 72.8 Å². The summed E-state index contributed by atoms with van der Waals surface area (Å²) in [5, 5.41) is 3.95. The van der Waals surface area contributed by atoms with Crippen LogP contribution in [0.4, 0.5) is 10.5 Å². The molecule has 2 unspecified atom stereocenters. The monoisotopic (exact) mass is 522 g/mol. The Morgan fingerprint density at radius 1 is 1.03 bits per heavy atom. The molecule has 8 nitrogen and oxygen atoms in total. The summed E-state index contributed by atoms with van der Waals surface area (Å²) < 4.78 is 5.35. The van der Waals surface area contributed by atoms with Crippen LogP contribution >= 0.6 is 0 Å². The van der Waals surface area contributed by atoms with Gasteiger partial charge in [-0.3, -0.25) is 14.5 Å². The van der Waals surface area contributed by atoms with Crippen molar-refractivity contribution < 1.29 is 19.1 Å². The first-order valence-corrected chi connectivity index (χ1v) is 13.1. The van der Waals surface area contributed by atoms with Crippen LogP contribution in [0.2, 0.25) is 0 Å². The van der Waals surface area contributed by atoms with Gasteiger partial charge >= 0.3 is 6.03 Å². The fourth-order valence-corrected chi connectivity index (χ4v) is 5.61. The van der Waals surface area contributed by atoms with E-state index in [4.69, 9.17) is 4.74 Å². The number of aromatic nitrogens is 1. The molecule has 1 fully saturated rings. The predicted octanol–water partition coefficient (Wildman–Crippen LogP) is 5.05. The Kier molecular flexibility index (Phi) is 6.10. The smallest absolute Gasteiger partial charge is 0.332 e. The summed E-state index contributed by atoms with van der Waals surface area (Å²) in [5.41, 5.74) is 4.75. The van der Waals surface area contributed by atoms with E-state index in [1.54, 1.807) is 36.3 Å². The number of methoxy groups -OCH3 is 1. The third kappa shape index (κ3) is 4.12. The molecule has 0 spiro atoms. The number of amides is 4. The minimum absolute atomic E-state index is 0.184. The summed E-state index contributed by atoms with van der Waals surface area (Å²) in [4.78, 5) is 46.8. The number of benzene rings is 3. The molecule has 39 heavy (non-hydrogen) atoms. The fraction of sp³-hybridized carbons (Fsp3) is 0.258. The van der Waals surface area contributed by atoms with Crippen molar-refractivity contribution in [3.8, 4) is 5.75 Å². The number of carbonyl (C=O) groups excluding carboxylic acids is 3. The fourth-order valence-electron chi connectivity index (χ4n) is 5.61. The molecular formula is C31H30N4O4. The standard InChI is InChI=1S/C31H30N4O4/c1-18(2)17-32-29(36)20-8-12-21(13-9-20)34-30(37)26-16-24-23-6-4-5-7-25(23)33-27(24)28(35(26)31(34)38)19-10-14-22(39-3)15-11-19/h4-15,18,26,28,33H,16-17H2,1-3H3,(H,32,36). The molecule has 8 heteroatoms. The lowest BCUT2D eigenvalue weighted by atomic mass is 9.89. The zero-order valence-electron chi connectivity index (χ0n) is 22.1. The lowest BCUT2D eigenvalue weighted by Crippen LogP contribution is -2.44. The maximum Gasteiger partial charge on any atom is 0.332 e. The average Bonchev–Trinajstić information content (AvgIpc) is 3.45. The van der Waals surface area contributed by atoms with Crippen molar-refractivity contribution in [3.63, 3.8) is 0 Å². The number of urea groups is 1. The highest BCUT2D eigenvalue weighted by molar-refractivity contribution is 6.22. The van der Waals surface area contributed by atoms with E-state index < -0.39 is 12.1 Å². The third-order valence-electron chi connectivity index (χ3n) is 7.54. The van der Waals surface area contributed by atoms with Gasteiger partial charge in [-0.05, 0) is 59.5 Å². The number of imide groups is 1. The number of hydrogen-bond acceptors (Lipinski definition) is 4. The van der Waals surface area contributed by atoms with Crippen molar-refractivity contribution in [2.75, 3.05) is 18.6 Å². The van der Waals surface area contributed by atoms with Gasteiger partial charge < -0.3 is 15.0 Å². The van der Waals surface area contributed by atoms with Gasteiger partial charge in [0, 0.05) is 35.1 Å². The molecule has 2 aliphatic rings. The van der Waals surface area contributed by atoms with Gasteiger partial charge in [-0.25, -0.2) is 9.69 Å². The Morgan fingerprint density at radius 2 is 1.74 bits per heavy atom. The van der Waals surface area contributed by atoms with Gasteiger partial charge in [0.15, 0.2) is 0 Å². The zero-order chi connectivity index (χ0) is 27.3. The number of nitrogens with zero attached hydrogens (tertiary/aromatic N) is 2. The minimum atomic E-state index is -0.648. The molecule has 3 aromatic carbocycles. The number of nitrogens with one attached hydrogen (secondary N) is 2. The number of para-hydroxylation sites is 1. The molecule has 6 rings (SSSR count). The van der Waals surface area contributed by atoms with Crippen LogP contribution in [0.25, 0.3) is 10.9 Å². The first-order chi connectivity index (χ1) is 18.9. The number of H-pyrrole nitrogens is 1. The number of carbonyl (C=O) groups is 3. The summed E-state index contributed by atoms with van der Waals surface area (Å²) in [5.74, 6) is 0.592. The number of anilines is 1. The maximum absolute atomic E-state index is 14.0. The topological polar surface area (TPSA) is 94.7 Å². The quantitative estimate of drug-likeness (QED) is 0.347. The van der Waals surface area contributed by atoms with Gasteiger partial charge in [0.25, 0.3) is 11.8 Å². The van der Waals surface area contributed by atoms with Crippen LogP contribution in [-0.2, 0) is 11.2 Å². The van der Waals surface area contributed by atoms with Crippen molar-refractivity contribution in [2.24, 2.45) is 5.92 Å². The molecule has 2 atom stereocenters. The Labute approximate surface area is 226 Å². The summed E-state index contributed by atoms with van der Waals surface area (Å²) >= 11 is 0. The lowest BCUT2D eigenvalue weighted by Gasteiger charge is -2.36. The van der Waals surface area contributed by atoms with Crippen LogP contribution in [0.3, 0.4) is 0 Å². The number of aromatic amines is 1. The number of fused-ring (bicyclic) bond motifs is 4. The van der Waals surface area contributed by atoms with E-state index in [-0.39, 0.29) is 17.8 Å². The second-order valence-electron chi connectivity index (χ2n) is 10.5. The van der Waals surface area contributed by atoms with E-state index in [1.807, 2.05) is 62.4 Å². The molecule has 198 valence electrons. The molecule has 4 amide bonds. The number of hydrogen-bond donors (Lipinski definition) is 2. The highest BCUT2D eigenvalue weighted by atomic mass is 16.5. The van der Waals surface area contributed by atoms with Gasteiger partial charge in [0.05, 0.1) is 12.8 Å². The first-order valence-electron chi connectivity index (χ1n) is 13.1. The van der Waals surface area contributed by atoms with E-state index >= 15 is 0 Å². The first kappa shape index (κ1) is 24.7. The summed E-state index contributed by atoms with van der Waals surface area (Å²) in [6, 6.07) is 20.7. The van der Waals surface area contributed by atoms with E-state index in [1.165, 1.54) is 4.90 Å². The van der Waals surface area contributed by atoms with Crippen molar-refractivity contribution in [1.29, 1.82) is 0 Å². The summed E-state index contributed by atoms with van der Waals surface area (Å²) in [7, 11) is 1.61. The van der Waals surface area contributed by atoms with Crippen molar-refractivity contribution in [3.05, 3.63) is 95.2 Å². The lowest BCUT2D eigenvalue weighted by molar-refractivity contribution is -0.120. The average molecular weight is 523 g/mol. The van der Waals surface area contributed by atoms with Crippen LogP contribution in [0, 0.1) is 5.92 Å². The van der Waals surface area contributed by atoms with Crippen LogP contribution in [-0.4, -0.2) is 47.4 Å². The molecule has 3 heterocycles. The van der Waals surface area contributed by atoms with Crippen molar-refractivity contribution >= 4 is 34.4 Å². The molecule has 1 saturated heterocycles. The van der Waals surface area contributed by atoms with Gasteiger partial charge in [0.2, 0.25) is 0 Å². The van der Waals surface area contributed by atoms with Gasteiger partial charge in [-0.2, -0.15) is 0 Å². The largest absolute Gasteiger partial charge is 0.497 e. The molecule has 4 aromatic rings. The second kappa shape index (κ2) is 9.62. The molecule has 2 aliphatic heterocycles. The van der Waals surface area contributed by atoms with Crippen molar-refractivity contribution in [1.82, 2.24) is 15.2 Å². The number of ether oxygens (including phenoxy) is 1. The van der Waals surface area contributed by atoms with E-state index in [2.05, 4.69) is 10.3 Å². The van der Waals surface area contributed by atoms with E-state index in [9.17, 15) is 14.4 Å². The third-order valence-corrected chi connectivity index (χ3v) is 7.54. The molecule has 1 aromatic heterocycles. The predicted molar refractivity (Wildman–Crippen MR) is 149 cm³/mol. The highest BCUT2D eigenvalue weighted by Crippen LogP contribution is 2.45. The minimum Gasteiger partial charge on any atom is -0.497 e. The van der Waals surface area contributed by atoms with Gasteiger partial charge in [-0.15, -0.1) is 0 Å². The highest BCUT2D eigenvalue weighted by Gasteiger charge is 2.53. The SMILES string of the molecule is COc1ccc(C2c3[nH]c4ccccc4c3CC3C(=O)N(c4ccc(C(=O)NCC(C)C)cc4)C(=O)N32)cc1. The zero-order valence-corrected chi connectivity index (χ0v) is 22.1. The molecule has 0 saturated carbocycles. The van der Waals surface area contributed by atoms with Crippen LogP contribution in [0.1, 0.15) is 47.1 Å². The maximum atomic E-state index is 14.0.